The van der Waals surface area contributed by atoms with Gasteiger partial charge < -0.3 is 20.1 Å². The lowest BCUT2D eigenvalue weighted by atomic mass is 10.1. The van der Waals surface area contributed by atoms with Gasteiger partial charge in [0.1, 0.15) is 9.88 Å². The normalized spacial score (nSPS) is 11.6. The molecule has 0 unspecified atom stereocenters. The van der Waals surface area contributed by atoms with Crippen LogP contribution in [0.4, 0.5) is 5.00 Å². The molecule has 1 heterocycles. The van der Waals surface area contributed by atoms with Crippen molar-refractivity contribution in [2.24, 2.45) is 0 Å². The number of carbonyl (C=O) groups excluding carboxylic acids is 3. The molecule has 156 valence electrons. The van der Waals surface area contributed by atoms with E-state index in [1.165, 1.54) is 14.2 Å². The minimum atomic E-state index is -0.628. The first-order valence-electron chi connectivity index (χ1n) is 8.87. The van der Waals surface area contributed by atoms with Gasteiger partial charge >= 0.3 is 11.9 Å². The molecule has 0 saturated heterocycles. The number of benzene rings is 1. The summed E-state index contributed by atoms with van der Waals surface area (Å²) in [5.41, 5.74) is 1.59. The van der Waals surface area contributed by atoms with E-state index < -0.39 is 11.9 Å². The van der Waals surface area contributed by atoms with E-state index in [1.54, 1.807) is 13.0 Å². The fourth-order valence-electron chi connectivity index (χ4n) is 2.72. The number of nitrogens with one attached hydrogen (secondary N) is 2. The van der Waals surface area contributed by atoms with Crippen molar-refractivity contribution in [2.75, 3.05) is 26.1 Å². The zero-order valence-electron chi connectivity index (χ0n) is 16.6. The van der Waals surface area contributed by atoms with Gasteiger partial charge in [-0.15, -0.1) is 11.3 Å². The Hall–Kier alpha value is -2.42. The van der Waals surface area contributed by atoms with Gasteiger partial charge in [0, 0.05) is 24.0 Å². The minimum Gasteiger partial charge on any atom is -0.465 e. The Bertz CT molecular complexity index is 912. The van der Waals surface area contributed by atoms with E-state index in [-0.39, 0.29) is 33.8 Å². The standard InChI is InChI=1S/C20H23ClN2O5S/c1-11-16(19(25)27-3)18(29-17(11)20(26)28-4)23-15(24)8-9-22-12(2)13-6-5-7-14(21)10-13/h5-7,10,12,22H,8-9H2,1-4H3,(H,23,24)/t12-/m0/s1. The molecule has 9 heteroatoms. The smallest absolute Gasteiger partial charge is 0.348 e. The number of rotatable bonds is 8. The number of hydrogen-bond acceptors (Lipinski definition) is 7. The van der Waals surface area contributed by atoms with Crippen molar-refractivity contribution in [1.29, 1.82) is 0 Å². The van der Waals surface area contributed by atoms with Crippen LogP contribution in [-0.4, -0.2) is 38.6 Å². The van der Waals surface area contributed by atoms with Crippen LogP contribution in [0, 0.1) is 6.92 Å². The van der Waals surface area contributed by atoms with Crippen molar-refractivity contribution >= 4 is 45.8 Å². The van der Waals surface area contributed by atoms with Crippen molar-refractivity contribution in [3.63, 3.8) is 0 Å². The predicted molar refractivity (Wildman–Crippen MR) is 113 cm³/mol. The summed E-state index contributed by atoms with van der Waals surface area (Å²) in [6, 6.07) is 7.51. The quantitative estimate of drug-likeness (QED) is 0.606. The van der Waals surface area contributed by atoms with Crippen molar-refractivity contribution in [2.45, 2.75) is 26.3 Å². The molecule has 0 spiro atoms. The monoisotopic (exact) mass is 438 g/mol. The van der Waals surface area contributed by atoms with Crippen LogP contribution in [0.15, 0.2) is 24.3 Å². The van der Waals surface area contributed by atoms with Gasteiger partial charge in [0.15, 0.2) is 0 Å². The van der Waals surface area contributed by atoms with Crippen LogP contribution < -0.4 is 10.6 Å². The Kier molecular flexibility index (Phi) is 8.19. The van der Waals surface area contributed by atoms with E-state index in [4.69, 9.17) is 21.1 Å². The molecule has 0 fully saturated rings. The van der Waals surface area contributed by atoms with Crippen molar-refractivity contribution in [3.8, 4) is 0 Å². The Morgan fingerprint density at radius 2 is 1.86 bits per heavy atom. The molecule has 2 N–H and O–H groups in total. The lowest BCUT2D eigenvalue weighted by Gasteiger charge is -2.14. The average Bonchev–Trinajstić information content (AvgIpc) is 3.02. The van der Waals surface area contributed by atoms with Crippen LogP contribution in [0.2, 0.25) is 5.02 Å². The molecule has 0 aliphatic carbocycles. The molecule has 0 radical (unpaired) electrons. The highest BCUT2D eigenvalue weighted by Crippen LogP contribution is 2.34. The molecule has 1 aromatic heterocycles. The lowest BCUT2D eigenvalue weighted by Crippen LogP contribution is -2.24. The van der Waals surface area contributed by atoms with E-state index in [2.05, 4.69) is 10.6 Å². The van der Waals surface area contributed by atoms with E-state index >= 15 is 0 Å². The zero-order chi connectivity index (χ0) is 21.6. The number of carbonyl (C=O) groups is 3. The van der Waals surface area contributed by atoms with Crippen molar-refractivity contribution in [3.05, 3.63) is 50.9 Å². The molecule has 2 aromatic rings. The van der Waals surface area contributed by atoms with Crippen LogP contribution in [0.1, 0.15) is 50.5 Å². The first-order chi connectivity index (χ1) is 13.8. The molecule has 1 atom stereocenters. The van der Waals surface area contributed by atoms with Gasteiger partial charge in [0.25, 0.3) is 0 Å². The third-order valence-electron chi connectivity index (χ3n) is 4.31. The van der Waals surface area contributed by atoms with Crippen LogP contribution in [-0.2, 0) is 14.3 Å². The molecule has 0 saturated carbocycles. The average molecular weight is 439 g/mol. The summed E-state index contributed by atoms with van der Waals surface area (Å²) in [5, 5.41) is 6.87. The number of halogens is 1. The summed E-state index contributed by atoms with van der Waals surface area (Å²) in [4.78, 5) is 36.6. The fraction of sp³-hybridized carbons (Fsp3) is 0.350. The maximum absolute atomic E-state index is 12.4. The van der Waals surface area contributed by atoms with Gasteiger partial charge in [-0.2, -0.15) is 0 Å². The van der Waals surface area contributed by atoms with Crippen molar-refractivity contribution < 1.29 is 23.9 Å². The largest absolute Gasteiger partial charge is 0.465 e. The first-order valence-corrected chi connectivity index (χ1v) is 10.1. The fourth-order valence-corrected chi connectivity index (χ4v) is 4.05. The summed E-state index contributed by atoms with van der Waals surface area (Å²) in [5.74, 6) is -1.49. The number of hydrogen-bond donors (Lipinski definition) is 2. The first kappa shape index (κ1) is 22.9. The second-order valence-corrected chi connectivity index (χ2v) is 7.73. The Morgan fingerprint density at radius 1 is 1.17 bits per heavy atom. The molecule has 2 rings (SSSR count). The molecule has 1 aromatic carbocycles. The highest BCUT2D eigenvalue weighted by atomic mass is 35.5. The van der Waals surface area contributed by atoms with Crippen LogP contribution in [0.3, 0.4) is 0 Å². The van der Waals surface area contributed by atoms with Crippen LogP contribution in [0.25, 0.3) is 0 Å². The number of amides is 1. The lowest BCUT2D eigenvalue weighted by molar-refractivity contribution is -0.116. The summed E-state index contributed by atoms with van der Waals surface area (Å²) < 4.78 is 9.51. The maximum Gasteiger partial charge on any atom is 0.348 e. The van der Waals surface area contributed by atoms with E-state index in [9.17, 15) is 14.4 Å². The molecule has 0 aliphatic heterocycles. The van der Waals surface area contributed by atoms with Crippen LogP contribution >= 0.6 is 22.9 Å². The molecular formula is C20H23ClN2O5S. The number of esters is 2. The second kappa shape index (κ2) is 10.4. The SMILES string of the molecule is COC(=O)c1sc(NC(=O)CCN[C@@H](C)c2cccc(Cl)c2)c(C(=O)OC)c1C. The molecular weight excluding hydrogens is 416 g/mol. The number of anilines is 1. The predicted octanol–water partition coefficient (Wildman–Crippen LogP) is 3.96. The third-order valence-corrected chi connectivity index (χ3v) is 5.73. The molecule has 1 amide bonds. The summed E-state index contributed by atoms with van der Waals surface area (Å²) in [6.07, 6.45) is 0.177. The number of methoxy groups -OCH3 is 2. The Balaban J connectivity index is 2.02. The maximum atomic E-state index is 12.4. The Labute approximate surface area is 178 Å². The molecule has 0 bridgehead atoms. The van der Waals surface area contributed by atoms with Crippen molar-refractivity contribution in [1.82, 2.24) is 5.32 Å². The Morgan fingerprint density at radius 3 is 2.48 bits per heavy atom. The van der Waals surface area contributed by atoms with Gasteiger partial charge in [0.2, 0.25) is 5.91 Å². The van der Waals surface area contributed by atoms with Crippen LogP contribution in [0.5, 0.6) is 0 Å². The summed E-state index contributed by atoms with van der Waals surface area (Å²) in [6.45, 7) is 4.00. The highest BCUT2D eigenvalue weighted by molar-refractivity contribution is 7.18. The third kappa shape index (κ3) is 5.79. The number of ether oxygens (including phenoxy) is 2. The van der Waals surface area contributed by atoms with Gasteiger partial charge in [-0.1, -0.05) is 23.7 Å². The number of thiophene rings is 1. The minimum absolute atomic E-state index is 0.0158. The molecule has 7 nitrogen and oxygen atoms in total. The van der Waals surface area contributed by atoms with E-state index in [0.717, 1.165) is 16.9 Å². The molecule has 29 heavy (non-hydrogen) atoms. The topological polar surface area (TPSA) is 93.7 Å². The zero-order valence-corrected chi connectivity index (χ0v) is 18.2. The second-order valence-electron chi connectivity index (χ2n) is 6.27. The van der Waals surface area contributed by atoms with E-state index in [1.807, 2.05) is 25.1 Å². The summed E-state index contributed by atoms with van der Waals surface area (Å²) >= 11 is 6.99. The van der Waals surface area contributed by atoms with Gasteiger partial charge in [-0.05, 0) is 37.1 Å². The summed E-state index contributed by atoms with van der Waals surface area (Å²) in [7, 11) is 2.49. The van der Waals surface area contributed by atoms with Gasteiger partial charge in [-0.25, -0.2) is 9.59 Å². The molecule has 0 aliphatic rings. The van der Waals surface area contributed by atoms with E-state index in [0.29, 0.717) is 17.1 Å². The highest BCUT2D eigenvalue weighted by Gasteiger charge is 2.26. The van der Waals surface area contributed by atoms with Gasteiger partial charge in [0.05, 0.1) is 19.8 Å². The van der Waals surface area contributed by atoms with Gasteiger partial charge in [-0.3, -0.25) is 4.79 Å².